The number of rotatable bonds is 3. The molecule has 126 valence electrons. The van der Waals surface area contributed by atoms with Crippen molar-refractivity contribution < 1.29 is 4.79 Å². The molecule has 1 aromatic carbocycles. The van der Waals surface area contributed by atoms with E-state index < -0.39 is 0 Å². The Morgan fingerprint density at radius 1 is 1.21 bits per heavy atom. The maximum atomic E-state index is 12.6. The number of carbonyl (C=O) groups excluding carboxylic acids is 1. The molecule has 0 radical (unpaired) electrons. The van der Waals surface area contributed by atoms with E-state index in [1.54, 1.807) is 0 Å². The fraction of sp³-hybridized carbons (Fsp3) is 0.474. The van der Waals surface area contributed by atoms with Gasteiger partial charge in [0, 0.05) is 24.8 Å². The number of anilines is 1. The van der Waals surface area contributed by atoms with E-state index in [9.17, 15) is 4.79 Å². The minimum Gasteiger partial charge on any atom is -0.321 e. The zero-order valence-corrected chi connectivity index (χ0v) is 14.1. The van der Waals surface area contributed by atoms with Gasteiger partial charge in [0.1, 0.15) is 0 Å². The van der Waals surface area contributed by atoms with Gasteiger partial charge in [0.05, 0.1) is 6.04 Å². The van der Waals surface area contributed by atoms with Crippen LogP contribution in [0.2, 0.25) is 0 Å². The first-order valence-electron chi connectivity index (χ1n) is 8.88. The topological polar surface area (TPSA) is 50.2 Å². The van der Waals surface area contributed by atoms with E-state index in [0.717, 1.165) is 25.3 Å². The molecule has 1 aromatic heterocycles. The highest BCUT2D eigenvalue weighted by Crippen LogP contribution is 2.36. The van der Waals surface area contributed by atoms with Crippen molar-refractivity contribution in [3.05, 3.63) is 48.2 Å². The number of fused-ring (bicyclic) bond motifs is 2. The third kappa shape index (κ3) is 2.90. The number of piperidine rings is 1. The molecule has 1 aliphatic carbocycles. The number of aromatic nitrogens is 2. The Labute approximate surface area is 142 Å². The quantitative estimate of drug-likeness (QED) is 0.931. The second kappa shape index (κ2) is 6.30. The molecule has 3 unspecified atom stereocenters. The van der Waals surface area contributed by atoms with Crippen LogP contribution in [0.4, 0.5) is 10.6 Å². The highest BCUT2D eigenvalue weighted by molar-refractivity contribution is 5.88. The van der Waals surface area contributed by atoms with Crippen molar-refractivity contribution in [2.75, 3.05) is 11.9 Å². The molecule has 5 heteroatoms. The van der Waals surface area contributed by atoms with Crippen molar-refractivity contribution in [1.82, 2.24) is 14.7 Å². The lowest BCUT2D eigenvalue weighted by Gasteiger charge is -2.33. The van der Waals surface area contributed by atoms with E-state index in [2.05, 4.69) is 29.5 Å². The van der Waals surface area contributed by atoms with Gasteiger partial charge in [-0.25, -0.2) is 4.79 Å². The molecule has 24 heavy (non-hydrogen) atoms. The lowest BCUT2D eigenvalue weighted by Crippen LogP contribution is -2.44. The fourth-order valence-electron chi connectivity index (χ4n) is 4.05. The van der Waals surface area contributed by atoms with Gasteiger partial charge in [-0.2, -0.15) is 5.10 Å². The zero-order chi connectivity index (χ0) is 16.5. The molecule has 1 saturated carbocycles. The van der Waals surface area contributed by atoms with Crippen molar-refractivity contribution >= 4 is 11.8 Å². The van der Waals surface area contributed by atoms with E-state index >= 15 is 0 Å². The van der Waals surface area contributed by atoms with Gasteiger partial charge < -0.3 is 4.90 Å². The standard InChI is InChI=1S/C19H24N4O/c1-14(16-5-3-2-4-6-16)23-12-10-18(21-23)20-19(24)22-11-9-15-7-8-17(22)13-15/h2-6,10,12,14-15,17H,7-9,11,13H2,1H3,(H,20,21,24). The number of carbonyl (C=O) groups is 1. The summed E-state index contributed by atoms with van der Waals surface area (Å²) >= 11 is 0. The highest BCUT2D eigenvalue weighted by atomic mass is 16.2. The molecule has 2 heterocycles. The number of urea groups is 1. The molecule has 5 nitrogen and oxygen atoms in total. The summed E-state index contributed by atoms with van der Waals surface area (Å²) in [5.74, 6) is 1.47. The molecule has 3 atom stereocenters. The second-order valence-corrected chi connectivity index (χ2v) is 7.01. The summed E-state index contributed by atoms with van der Waals surface area (Å²) in [4.78, 5) is 14.6. The molecule has 1 aliphatic heterocycles. The SMILES string of the molecule is CC(c1ccccc1)n1ccc(NC(=O)N2CCC3CCC2C3)n1. The molecular weight excluding hydrogens is 300 g/mol. The van der Waals surface area contributed by atoms with Crippen LogP contribution in [0.1, 0.15) is 44.2 Å². The Morgan fingerprint density at radius 2 is 2.04 bits per heavy atom. The number of nitrogens with one attached hydrogen (secondary N) is 1. The highest BCUT2D eigenvalue weighted by Gasteiger charge is 2.36. The summed E-state index contributed by atoms with van der Waals surface area (Å²) in [5, 5.41) is 7.52. The predicted molar refractivity (Wildman–Crippen MR) is 94.0 cm³/mol. The molecular formula is C19H24N4O. The summed E-state index contributed by atoms with van der Waals surface area (Å²) in [7, 11) is 0. The van der Waals surface area contributed by atoms with Crippen LogP contribution in [0.15, 0.2) is 42.6 Å². The Kier molecular flexibility index (Phi) is 4.00. The first-order valence-corrected chi connectivity index (χ1v) is 8.88. The molecule has 2 bridgehead atoms. The van der Waals surface area contributed by atoms with Crippen LogP contribution in [0.25, 0.3) is 0 Å². The molecule has 2 aromatic rings. The largest absolute Gasteiger partial charge is 0.323 e. The molecule has 2 aliphatic rings. The second-order valence-electron chi connectivity index (χ2n) is 7.01. The summed E-state index contributed by atoms with van der Waals surface area (Å²) < 4.78 is 1.90. The summed E-state index contributed by atoms with van der Waals surface area (Å²) in [6.07, 6.45) is 6.67. The van der Waals surface area contributed by atoms with Crippen LogP contribution in [0.5, 0.6) is 0 Å². The van der Waals surface area contributed by atoms with Crippen LogP contribution < -0.4 is 5.32 Å². The lowest BCUT2D eigenvalue weighted by atomic mass is 10.00. The maximum Gasteiger partial charge on any atom is 0.323 e. The number of amides is 2. The van der Waals surface area contributed by atoms with Crippen molar-refractivity contribution in [3.63, 3.8) is 0 Å². The van der Waals surface area contributed by atoms with E-state index in [1.165, 1.54) is 18.4 Å². The zero-order valence-electron chi connectivity index (χ0n) is 14.1. The Bertz CT molecular complexity index is 711. The summed E-state index contributed by atoms with van der Waals surface area (Å²) in [6, 6.07) is 12.7. The van der Waals surface area contributed by atoms with Crippen molar-refractivity contribution in [2.45, 2.75) is 44.7 Å². The van der Waals surface area contributed by atoms with Gasteiger partial charge in [-0.3, -0.25) is 10.00 Å². The van der Waals surface area contributed by atoms with Gasteiger partial charge in [0.15, 0.2) is 5.82 Å². The van der Waals surface area contributed by atoms with Crippen molar-refractivity contribution in [3.8, 4) is 0 Å². The number of hydrogen-bond donors (Lipinski definition) is 1. The van der Waals surface area contributed by atoms with Crippen LogP contribution in [-0.4, -0.2) is 33.3 Å². The van der Waals surface area contributed by atoms with Gasteiger partial charge in [-0.15, -0.1) is 0 Å². The normalized spacial score (nSPS) is 24.0. The van der Waals surface area contributed by atoms with Crippen LogP contribution in [0.3, 0.4) is 0 Å². The fourth-order valence-corrected chi connectivity index (χ4v) is 4.05. The van der Waals surface area contributed by atoms with E-state index in [-0.39, 0.29) is 12.1 Å². The molecule has 2 amide bonds. The van der Waals surface area contributed by atoms with Gasteiger partial charge in [0.25, 0.3) is 0 Å². The monoisotopic (exact) mass is 324 g/mol. The molecule has 0 spiro atoms. The minimum absolute atomic E-state index is 0.00189. The van der Waals surface area contributed by atoms with E-state index in [4.69, 9.17) is 0 Å². The van der Waals surface area contributed by atoms with E-state index in [1.807, 2.05) is 40.0 Å². The van der Waals surface area contributed by atoms with Gasteiger partial charge >= 0.3 is 6.03 Å². The number of likely N-dealkylation sites (tertiary alicyclic amines) is 1. The summed E-state index contributed by atoms with van der Waals surface area (Å²) in [5.41, 5.74) is 1.20. The first kappa shape index (κ1) is 15.2. The molecule has 4 rings (SSSR count). The minimum atomic E-state index is -0.00189. The van der Waals surface area contributed by atoms with Gasteiger partial charge in [-0.1, -0.05) is 30.3 Å². The lowest BCUT2D eigenvalue weighted by molar-refractivity contribution is 0.167. The molecule has 2 fully saturated rings. The van der Waals surface area contributed by atoms with E-state index in [0.29, 0.717) is 11.9 Å². The number of nitrogens with zero attached hydrogens (tertiary/aromatic N) is 3. The van der Waals surface area contributed by atoms with Crippen LogP contribution in [0, 0.1) is 5.92 Å². The van der Waals surface area contributed by atoms with Crippen molar-refractivity contribution in [1.29, 1.82) is 0 Å². The van der Waals surface area contributed by atoms with Gasteiger partial charge in [0.2, 0.25) is 0 Å². The average Bonchev–Trinajstić information content (AvgIpc) is 3.22. The van der Waals surface area contributed by atoms with Gasteiger partial charge in [-0.05, 0) is 44.1 Å². The smallest absolute Gasteiger partial charge is 0.321 e. The molecule has 1 saturated heterocycles. The number of benzene rings is 1. The Hall–Kier alpha value is -2.30. The third-order valence-corrected chi connectivity index (χ3v) is 5.52. The molecule has 1 N–H and O–H groups in total. The average molecular weight is 324 g/mol. The van der Waals surface area contributed by atoms with Crippen LogP contribution in [-0.2, 0) is 0 Å². The first-order chi connectivity index (χ1) is 11.7. The number of hydrogen-bond acceptors (Lipinski definition) is 2. The Morgan fingerprint density at radius 3 is 2.88 bits per heavy atom. The summed E-state index contributed by atoms with van der Waals surface area (Å²) in [6.45, 7) is 2.99. The van der Waals surface area contributed by atoms with Crippen molar-refractivity contribution in [2.24, 2.45) is 5.92 Å². The third-order valence-electron chi connectivity index (χ3n) is 5.52. The van der Waals surface area contributed by atoms with Crippen LogP contribution >= 0.6 is 0 Å². The maximum absolute atomic E-state index is 12.6. The Balaban J connectivity index is 1.42. The predicted octanol–water partition coefficient (Wildman–Crippen LogP) is 3.90.